The quantitative estimate of drug-likeness (QED) is 0.214. The Bertz CT molecular complexity index is 1520. The van der Waals surface area contributed by atoms with Crippen LogP contribution in [0.3, 0.4) is 0 Å². The van der Waals surface area contributed by atoms with E-state index in [0.717, 1.165) is 67.3 Å². The van der Waals surface area contributed by atoms with Gasteiger partial charge in [-0.2, -0.15) is 0 Å². The van der Waals surface area contributed by atoms with E-state index in [2.05, 4.69) is 21.3 Å². The Morgan fingerprint density at radius 1 is 0.870 bits per heavy atom. The molecule has 1 saturated heterocycles. The summed E-state index contributed by atoms with van der Waals surface area (Å²) in [6.07, 6.45) is 7.37. The molecule has 1 unspecified atom stereocenters. The van der Waals surface area contributed by atoms with Gasteiger partial charge in [0.05, 0.1) is 16.5 Å². The fraction of sp³-hybridized carbons (Fsp3) is 0.500. The molecule has 1 aliphatic heterocycles. The van der Waals surface area contributed by atoms with E-state index in [1.165, 1.54) is 11.3 Å². The van der Waals surface area contributed by atoms with E-state index in [1.54, 1.807) is 0 Å². The number of amides is 3. The molecular formula is C36H45N5O4S. The molecule has 2 saturated carbocycles. The van der Waals surface area contributed by atoms with Gasteiger partial charge in [-0.25, -0.2) is 0 Å². The predicted octanol–water partition coefficient (Wildman–Crippen LogP) is 4.00. The number of hydrogen-bond acceptors (Lipinski definition) is 7. The summed E-state index contributed by atoms with van der Waals surface area (Å²) in [6.45, 7) is 1.54. The third kappa shape index (κ3) is 7.04. The Hall–Kier alpha value is -3.60. The van der Waals surface area contributed by atoms with Gasteiger partial charge in [-0.05, 0) is 80.6 Å². The number of rotatable bonds is 11. The highest BCUT2D eigenvalue weighted by Crippen LogP contribution is 2.33. The van der Waals surface area contributed by atoms with E-state index in [4.69, 9.17) is 5.73 Å². The van der Waals surface area contributed by atoms with Crippen molar-refractivity contribution in [3.05, 3.63) is 71.1 Å². The molecule has 3 amide bonds. The van der Waals surface area contributed by atoms with E-state index >= 15 is 0 Å². The molecule has 9 nitrogen and oxygen atoms in total. The number of piperidine rings is 1. The summed E-state index contributed by atoms with van der Waals surface area (Å²) in [5, 5.41) is 13.6. The van der Waals surface area contributed by atoms with Gasteiger partial charge in [-0.3, -0.25) is 19.2 Å². The van der Waals surface area contributed by atoms with Crippen molar-refractivity contribution < 1.29 is 19.2 Å². The van der Waals surface area contributed by atoms with Gasteiger partial charge in [0, 0.05) is 11.1 Å². The van der Waals surface area contributed by atoms with Crippen molar-refractivity contribution in [1.29, 1.82) is 0 Å². The number of Topliss-reactive ketones (excluding diaryl/α,β-unsaturated/α-hetero) is 1. The fourth-order valence-electron chi connectivity index (χ4n) is 7.51. The Kier molecular flexibility index (Phi) is 9.86. The largest absolute Gasteiger partial charge is 0.344 e. The summed E-state index contributed by atoms with van der Waals surface area (Å²) in [4.78, 5) is 56.5. The number of nitrogens with two attached hydrogens (primary N) is 1. The predicted molar refractivity (Wildman–Crippen MR) is 180 cm³/mol. The van der Waals surface area contributed by atoms with Crippen molar-refractivity contribution in [2.24, 2.45) is 11.7 Å². The number of fused-ring (bicyclic) bond motifs is 1. The number of nitrogens with one attached hydrogen (secondary N) is 4. The van der Waals surface area contributed by atoms with Crippen molar-refractivity contribution in [3.63, 3.8) is 0 Å². The lowest BCUT2D eigenvalue weighted by atomic mass is 9.79. The first-order chi connectivity index (χ1) is 22.3. The maximum absolute atomic E-state index is 14.2. The monoisotopic (exact) mass is 643 g/mol. The molecule has 0 bridgehead atoms. The Labute approximate surface area is 274 Å². The summed E-state index contributed by atoms with van der Waals surface area (Å²) < 4.78 is 1.01. The highest BCUT2D eigenvalue weighted by atomic mass is 32.1. The van der Waals surface area contributed by atoms with Crippen LogP contribution in [0.15, 0.2) is 60.7 Å². The Morgan fingerprint density at radius 2 is 1.52 bits per heavy atom. The van der Waals surface area contributed by atoms with Crippen LogP contribution in [-0.4, -0.2) is 59.8 Å². The van der Waals surface area contributed by atoms with E-state index in [1.807, 2.05) is 60.7 Å². The molecule has 6 rings (SSSR count). The zero-order valence-electron chi connectivity index (χ0n) is 26.3. The molecule has 46 heavy (non-hydrogen) atoms. The number of thiophene rings is 1. The standard InChI is InChI=1S/C36H45N5O4S/c37-35(16-6-7-17-35)31(42)30(25-14-20-38-21-15-25)40-32(43)27(22-24-10-2-1-3-11-24)39-34(45)36(18-8-9-19-36)41-33(44)29-23-26-12-4-5-13-28(26)46-29/h1-5,10-13,23,25,27,30,38H,6-9,14-22,37H2,(H,39,45)(H,40,43)(H,41,44)/t27-,30?/m1/s1. The highest BCUT2D eigenvalue weighted by Gasteiger charge is 2.46. The third-order valence-corrected chi connectivity index (χ3v) is 11.3. The maximum Gasteiger partial charge on any atom is 0.262 e. The lowest BCUT2D eigenvalue weighted by molar-refractivity contribution is -0.135. The highest BCUT2D eigenvalue weighted by molar-refractivity contribution is 7.20. The summed E-state index contributed by atoms with van der Waals surface area (Å²) >= 11 is 1.40. The summed E-state index contributed by atoms with van der Waals surface area (Å²) in [6, 6.07) is 17.6. The van der Waals surface area contributed by atoms with Gasteiger partial charge in [0.15, 0.2) is 5.78 Å². The van der Waals surface area contributed by atoms with Gasteiger partial charge in [-0.1, -0.05) is 74.2 Å². The molecule has 1 aromatic heterocycles. The van der Waals surface area contributed by atoms with Crippen LogP contribution >= 0.6 is 11.3 Å². The van der Waals surface area contributed by atoms with Gasteiger partial charge >= 0.3 is 0 Å². The lowest BCUT2D eigenvalue weighted by Gasteiger charge is -2.36. The second-order valence-corrected chi connectivity index (χ2v) is 14.5. The second-order valence-electron chi connectivity index (χ2n) is 13.4. The van der Waals surface area contributed by atoms with Crippen LogP contribution in [0.4, 0.5) is 0 Å². The Morgan fingerprint density at radius 3 is 2.22 bits per heavy atom. The molecule has 0 radical (unpaired) electrons. The molecule has 3 aliphatic rings. The topological polar surface area (TPSA) is 142 Å². The van der Waals surface area contributed by atoms with Crippen LogP contribution in [0.1, 0.15) is 79.4 Å². The van der Waals surface area contributed by atoms with Gasteiger partial charge in [0.25, 0.3) is 5.91 Å². The van der Waals surface area contributed by atoms with Crippen molar-refractivity contribution in [3.8, 4) is 0 Å². The van der Waals surface area contributed by atoms with Crippen LogP contribution in [0.25, 0.3) is 10.1 Å². The van der Waals surface area contributed by atoms with E-state index < -0.39 is 29.1 Å². The van der Waals surface area contributed by atoms with Crippen LogP contribution in [0.2, 0.25) is 0 Å². The summed E-state index contributed by atoms with van der Waals surface area (Å²) in [7, 11) is 0. The normalized spacial score (nSPS) is 20.5. The minimum absolute atomic E-state index is 0.0337. The van der Waals surface area contributed by atoms with E-state index in [0.29, 0.717) is 30.6 Å². The van der Waals surface area contributed by atoms with Crippen molar-refractivity contribution in [2.45, 2.75) is 93.8 Å². The number of hydrogen-bond donors (Lipinski definition) is 5. The van der Waals surface area contributed by atoms with Crippen LogP contribution in [0.5, 0.6) is 0 Å². The number of ketones is 1. The molecule has 6 N–H and O–H groups in total. The smallest absolute Gasteiger partial charge is 0.262 e. The summed E-state index contributed by atoms with van der Waals surface area (Å²) in [5.74, 6) is -1.19. The molecular weight excluding hydrogens is 598 g/mol. The van der Waals surface area contributed by atoms with Crippen LogP contribution in [0, 0.1) is 5.92 Å². The minimum Gasteiger partial charge on any atom is -0.344 e. The van der Waals surface area contributed by atoms with Crippen molar-refractivity contribution in [1.82, 2.24) is 21.3 Å². The zero-order chi connectivity index (χ0) is 32.1. The molecule has 2 heterocycles. The van der Waals surface area contributed by atoms with Gasteiger partial charge in [0.1, 0.15) is 11.6 Å². The molecule has 2 atom stereocenters. The molecule has 0 spiro atoms. The Balaban J connectivity index is 1.24. The molecule has 10 heteroatoms. The molecule has 2 aromatic carbocycles. The van der Waals surface area contributed by atoms with Crippen molar-refractivity contribution in [2.75, 3.05) is 13.1 Å². The molecule has 2 aliphatic carbocycles. The second kappa shape index (κ2) is 14.0. The SMILES string of the molecule is NC1(C(=O)C(NC(=O)[C@@H](Cc2ccccc2)NC(=O)C2(NC(=O)c3cc4ccccc4s3)CCCC2)C2CCNCC2)CCCC1. The van der Waals surface area contributed by atoms with Crippen LogP contribution < -0.4 is 27.0 Å². The maximum atomic E-state index is 14.2. The van der Waals surface area contributed by atoms with Gasteiger partial charge < -0.3 is 27.0 Å². The summed E-state index contributed by atoms with van der Waals surface area (Å²) in [5.41, 5.74) is 5.48. The van der Waals surface area contributed by atoms with Gasteiger partial charge in [-0.15, -0.1) is 11.3 Å². The average Bonchev–Trinajstić information content (AvgIpc) is 3.85. The molecule has 3 aromatic rings. The molecule has 244 valence electrons. The number of carbonyl (C=O) groups is 4. The average molecular weight is 644 g/mol. The van der Waals surface area contributed by atoms with Crippen LogP contribution in [-0.2, 0) is 20.8 Å². The fourth-order valence-corrected chi connectivity index (χ4v) is 8.46. The minimum atomic E-state index is -1.13. The first-order valence-corrected chi connectivity index (χ1v) is 17.6. The zero-order valence-corrected chi connectivity index (χ0v) is 27.1. The van der Waals surface area contributed by atoms with E-state index in [-0.39, 0.29) is 29.9 Å². The first kappa shape index (κ1) is 32.3. The third-order valence-electron chi connectivity index (χ3n) is 10.2. The number of benzene rings is 2. The molecule has 3 fully saturated rings. The van der Waals surface area contributed by atoms with E-state index in [9.17, 15) is 19.2 Å². The first-order valence-electron chi connectivity index (χ1n) is 16.8. The number of carbonyl (C=O) groups excluding carboxylic acids is 4. The van der Waals surface area contributed by atoms with Gasteiger partial charge in [0.2, 0.25) is 11.8 Å². The van der Waals surface area contributed by atoms with Crippen molar-refractivity contribution >= 4 is 44.9 Å². The lowest BCUT2D eigenvalue weighted by Crippen LogP contribution is -2.64.